The number of benzene rings is 3. The quantitative estimate of drug-likeness (QED) is 0.266. The van der Waals surface area contributed by atoms with Crippen molar-refractivity contribution in [3.05, 3.63) is 97.1 Å². The summed E-state index contributed by atoms with van der Waals surface area (Å²) in [6.45, 7) is 10.6. The molecule has 0 atom stereocenters. The summed E-state index contributed by atoms with van der Waals surface area (Å²) in [6.07, 6.45) is 2.77. The molecule has 35 heavy (non-hydrogen) atoms. The zero-order chi connectivity index (χ0) is 24.1. The van der Waals surface area contributed by atoms with Crippen LogP contribution in [-0.2, 0) is 6.42 Å². The average Bonchev–Trinajstić information content (AvgIpc) is 3.16. The second-order valence-electron chi connectivity index (χ2n) is 9.02. The first kappa shape index (κ1) is 26.9. The number of allylic oxidation sites excluding steroid dienone is 1. The number of methoxy groups -OCH3 is 1. The Kier molecular flexibility index (Phi) is 9.06. The minimum Gasteiger partial charge on any atom is -1.00 e. The van der Waals surface area contributed by atoms with Crippen LogP contribution in [0.2, 0.25) is 0 Å². The highest BCUT2D eigenvalue weighted by molar-refractivity contribution is 8.01. The average molecular weight is 523 g/mol. The van der Waals surface area contributed by atoms with Gasteiger partial charge in [0.25, 0.3) is 5.69 Å². The molecule has 0 bridgehead atoms. The molecule has 0 saturated carbocycles. The third-order valence-electron chi connectivity index (χ3n) is 5.21. The number of nitrogens with one attached hydrogen (secondary N) is 1. The monoisotopic (exact) mass is 522 g/mol. The van der Waals surface area contributed by atoms with E-state index in [1.54, 1.807) is 30.2 Å². The van der Waals surface area contributed by atoms with Crippen molar-refractivity contribution in [3.8, 4) is 22.7 Å². The van der Waals surface area contributed by atoms with Crippen molar-refractivity contribution in [2.24, 2.45) is 0 Å². The Morgan fingerprint density at radius 1 is 0.971 bits per heavy atom. The van der Waals surface area contributed by atoms with Gasteiger partial charge in [0.05, 0.1) is 12.7 Å². The Labute approximate surface area is 223 Å². The van der Waals surface area contributed by atoms with Crippen molar-refractivity contribution < 1.29 is 21.7 Å². The molecule has 0 amide bonds. The Balaban J connectivity index is 0.00000342. The standard InChI is InChI=1S/C29H31N2OS2.ClH/c1-6-12-21-13-10-11-16-25(21)31-26(22-17-19-23(32-5)20-18-22)27(30-29(2,3)4)34-28(31)33-24-14-8-7-9-15-24;/h6-11,13-20,30H,1,12H2,2-5H3;1H/q+1;/p-1. The Morgan fingerprint density at radius 3 is 2.26 bits per heavy atom. The summed E-state index contributed by atoms with van der Waals surface area (Å²) in [7, 11) is 1.70. The third kappa shape index (κ3) is 6.49. The number of para-hydroxylation sites is 1. The van der Waals surface area contributed by atoms with E-state index >= 15 is 0 Å². The van der Waals surface area contributed by atoms with Gasteiger partial charge >= 0.3 is 4.34 Å². The van der Waals surface area contributed by atoms with Crippen LogP contribution >= 0.6 is 23.1 Å². The highest BCUT2D eigenvalue weighted by atomic mass is 35.5. The van der Waals surface area contributed by atoms with Gasteiger partial charge in [-0.05, 0) is 86.7 Å². The van der Waals surface area contributed by atoms with Gasteiger partial charge in [-0.25, -0.2) is 0 Å². The van der Waals surface area contributed by atoms with E-state index in [1.807, 2.05) is 18.2 Å². The van der Waals surface area contributed by atoms with Gasteiger partial charge < -0.3 is 22.5 Å². The normalized spacial score (nSPS) is 11.0. The molecule has 182 valence electrons. The molecule has 0 saturated heterocycles. The van der Waals surface area contributed by atoms with Gasteiger partial charge in [0.15, 0.2) is 5.00 Å². The molecule has 6 heteroatoms. The summed E-state index contributed by atoms with van der Waals surface area (Å²) < 4.78 is 9.03. The SMILES string of the molecule is C=CCc1ccccc1-[n+]1c(Sc2ccccc2)sc(NC(C)(C)C)c1-c1ccc(OC)cc1.[Cl-]. The van der Waals surface area contributed by atoms with Crippen molar-refractivity contribution in [3.63, 3.8) is 0 Å². The molecule has 3 nitrogen and oxygen atoms in total. The lowest BCUT2D eigenvalue weighted by atomic mass is 10.1. The lowest BCUT2D eigenvalue weighted by molar-refractivity contribution is -0.617. The fraction of sp³-hybridized carbons (Fsp3) is 0.207. The predicted octanol–water partition coefficient (Wildman–Crippen LogP) is 4.79. The number of ether oxygens (including phenoxy) is 1. The van der Waals surface area contributed by atoms with Gasteiger partial charge in [0.2, 0.25) is 5.69 Å². The van der Waals surface area contributed by atoms with E-state index in [9.17, 15) is 0 Å². The van der Waals surface area contributed by atoms with Crippen molar-refractivity contribution in [2.75, 3.05) is 12.4 Å². The smallest absolute Gasteiger partial charge is 0.310 e. The molecule has 1 N–H and O–H groups in total. The molecule has 0 unspecified atom stereocenters. The topological polar surface area (TPSA) is 25.1 Å². The molecule has 0 aliphatic rings. The van der Waals surface area contributed by atoms with Gasteiger partial charge in [0.1, 0.15) is 5.75 Å². The first-order valence-corrected chi connectivity index (χ1v) is 13.0. The zero-order valence-electron chi connectivity index (χ0n) is 20.5. The third-order valence-corrected chi connectivity index (χ3v) is 7.43. The molecule has 3 aromatic carbocycles. The van der Waals surface area contributed by atoms with Gasteiger partial charge in [-0.1, -0.05) is 42.5 Å². The van der Waals surface area contributed by atoms with Crippen molar-refractivity contribution in [1.82, 2.24) is 0 Å². The molecule has 0 spiro atoms. The number of halogens is 1. The highest BCUT2D eigenvalue weighted by Gasteiger charge is 2.33. The van der Waals surface area contributed by atoms with Crippen molar-refractivity contribution >= 4 is 28.1 Å². The molecular formula is C29H31ClN2OS2. The van der Waals surface area contributed by atoms with E-state index in [-0.39, 0.29) is 17.9 Å². The van der Waals surface area contributed by atoms with Crippen LogP contribution in [0.25, 0.3) is 16.9 Å². The Morgan fingerprint density at radius 2 is 1.63 bits per heavy atom. The fourth-order valence-corrected chi connectivity index (χ4v) is 6.34. The van der Waals surface area contributed by atoms with Crippen LogP contribution in [0.4, 0.5) is 5.00 Å². The minimum atomic E-state index is -0.0841. The lowest BCUT2D eigenvalue weighted by Gasteiger charge is -2.20. The number of rotatable bonds is 8. The van der Waals surface area contributed by atoms with Gasteiger partial charge in [0, 0.05) is 22.1 Å². The molecule has 1 heterocycles. The number of thiazole rings is 1. The van der Waals surface area contributed by atoms with Gasteiger partial charge in [-0.2, -0.15) is 0 Å². The Hall–Kier alpha value is -2.73. The van der Waals surface area contributed by atoms with Crippen molar-refractivity contribution in [1.29, 1.82) is 0 Å². The van der Waals surface area contributed by atoms with Gasteiger partial charge in [-0.15, -0.1) is 11.1 Å². The van der Waals surface area contributed by atoms with Crippen LogP contribution in [0.15, 0.2) is 101 Å². The second-order valence-corrected chi connectivity index (χ2v) is 11.3. The molecule has 0 aliphatic heterocycles. The predicted molar refractivity (Wildman–Crippen MR) is 146 cm³/mol. The maximum Gasteiger partial charge on any atom is 0.310 e. The van der Waals surface area contributed by atoms with Crippen LogP contribution in [0.1, 0.15) is 26.3 Å². The number of hydrogen-bond donors (Lipinski definition) is 1. The van der Waals surface area contributed by atoms with Crippen LogP contribution in [0, 0.1) is 0 Å². The summed E-state index contributed by atoms with van der Waals surface area (Å²) in [6, 6.07) is 27.5. The van der Waals surface area contributed by atoms with E-state index in [4.69, 9.17) is 4.74 Å². The molecular weight excluding hydrogens is 492 g/mol. The number of anilines is 1. The largest absolute Gasteiger partial charge is 1.00 e. The molecule has 0 fully saturated rings. The minimum absolute atomic E-state index is 0. The van der Waals surface area contributed by atoms with Crippen LogP contribution in [0.5, 0.6) is 5.75 Å². The summed E-state index contributed by atoms with van der Waals surface area (Å²) in [5.74, 6) is 0.849. The van der Waals surface area contributed by atoms with Crippen LogP contribution in [-0.4, -0.2) is 12.6 Å². The first-order chi connectivity index (χ1) is 16.4. The first-order valence-electron chi connectivity index (χ1n) is 11.3. The van der Waals surface area contributed by atoms with E-state index in [2.05, 4.69) is 104 Å². The van der Waals surface area contributed by atoms with Crippen LogP contribution in [0.3, 0.4) is 0 Å². The maximum absolute atomic E-state index is 5.43. The molecule has 1 aromatic heterocycles. The number of hydrogen-bond acceptors (Lipinski definition) is 4. The van der Waals surface area contributed by atoms with E-state index in [0.29, 0.717) is 0 Å². The molecule has 0 aliphatic carbocycles. The summed E-state index contributed by atoms with van der Waals surface area (Å²) in [4.78, 5) is 1.21. The van der Waals surface area contributed by atoms with E-state index in [0.717, 1.165) is 28.4 Å². The zero-order valence-corrected chi connectivity index (χ0v) is 22.9. The lowest BCUT2D eigenvalue weighted by Crippen LogP contribution is -3.00. The molecule has 4 aromatic rings. The van der Waals surface area contributed by atoms with Gasteiger partial charge in [-0.3, -0.25) is 0 Å². The summed E-state index contributed by atoms with van der Waals surface area (Å²) >= 11 is 3.58. The molecule has 4 rings (SSSR count). The second kappa shape index (κ2) is 11.8. The fourth-order valence-electron chi connectivity index (χ4n) is 3.74. The van der Waals surface area contributed by atoms with Crippen LogP contribution < -0.4 is 27.0 Å². The number of nitrogens with zero attached hydrogens (tertiary/aromatic N) is 1. The molecule has 0 radical (unpaired) electrons. The highest BCUT2D eigenvalue weighted by Crippen LogP contribution is 2.41. The Bertz CT molecular complexity index is 1260. The van der Waals surface area contributed by atoms with E-state index in [1.165, 1.54) is 20.5 Å². The summed E-state index contributed by atoms with van der Waals surface area (Å²) in [5.41, 5.74) is 4.62. The maximum atomic E-state index is 5.43. The summed E-state index contributed by atoms with van der Waals surface area (Å²) in [5, 5.41) is 4.92. The number of aromatic nitrogens is 1. The van der Waals surface area contributed by atoms with E-state index < -0.39 is 0 Å². The van der Waals surface area contributed by atoms with Crippen molar-refractivity contribution in [2.45, 2.75) is 42.0 Å².